The number of epoxide rings is 1. The molecule has 0 N–H and O–H groups in total. The number of ether oxygens (including phenoxy) is 1. The van der Waals surface area contributed by atoms with Gasteiger partial charge in [0.05, 0.1) is 22.7 Å². The molecule has 2 bridgehead atoms. The molecule has 3 aliphatic rings. The van der Waals surface area contributed by atoms with Gasteiger partial charge in [0.15, 0.2) is 0 Å². The second-order valence-corrected chi connectivity index (χ2v) is 8.08. The van der Waals surface area contributed by atoms with Crippen LogP contribution in [0.4, 0.5) is 0 Å². The highest BCUT2D eigenvalue weighted by Crippen LogP contribution is 2.61. The van der Waals surface area contributed by atoms with Crippen LogP contribution in [0.2, 0.25) is 0 Å². The number of benzene rings is 1. The first-order valence-corrected chi connectivity index (χ1v) is 8.48. The van der Waals surface area contributed by atoms with E-state index in [0.29, 0.717) is 12.0 Å². The molecule has 0 unspecified atom stereocenters. The van der Waals surface area contributed by atoms with Crippen molar-refractivity contribution in [3.63, 3.8) is 0 Å². The zero-order valence-corrected chi connectivity index (χ0v) is 12.4. The van der Waals surface area contributed by atoms with Gasteiger partial charge in [-0.05, 0) is 44.7 Å². The lowest BCUT2D eigenvalue weighted by atomic mass is 9.86. The molecule has 1 heterocycles. The van der Waals surface area contributed by atoms with Gasteiger partial charge in [0.1, 0.15) is 0 Å². The summed E-state index contributed by atoms with van der Waals surface area (Å²) in [5.74, 6) is 0.695. The van der Waals surface area contributed by atoms with Gasteiger partial charge in [-0.3, -0.25) is 4.18 Å². The molecule has 1 aromatic rings. The van der Waals surface area contributed by atoms with E-state index in [9.17, 15) is 8.42 Å². The molecule has 0 radical (unpaired) electrons. The van der Waals surface area contributed by atoms with Crippen molar-refractivity contribution in [1.29, 1.82) is 0 Å². The van der Waals surface area contributed by atoms with Gasteiger partial charge in [-0.15, -0.1) is 0 Å². The molecule has 0 spiro atoms. The quantitative estimate of drug-likeness (QED) is 0.634. The highest BCUT2D eigenvalue weighted by molar-refractivity contribution is 7.86. The van der Waals surface area contributed by atoms with Crippen molar-refractivity contribution >= 4 is 10.1 Å². The van der Waals surface area contributed by atoms with Gasteiger partial charge in [-0.25, -0.2) is 0 Å². The molecule has 5 heteroatoms. The molecule has 108 valence electrons. The molecule has 0 aromatic heterocycles. The van der Waals surface area contributed by atoms with Crippen LogP contribution in [0, 0.1) is 18.8 Å². The molecule has 1 aliphatic heterocycles. The number of hydrogen-bond donors (Lipinski definition) is 0. The predicted octanol–water partition coefficient (Wildman–Crippen LogP) is 2.27. The maximum atomic E-state index is 12.4. The second kappa shape index (κ2) is 3.84. The molecule has 3 fully saturated rings. The predicted molar refractivity (Wildman–Crippen MR) is 72.7 cm³/mol. The van der Waals surface area contributed by atoms with Gasteiger partial charge in [-0.1, -0.05) is 17.7 Å². The fourth-order valence-corrected chi connectivity index (χ4v) is 5.26. The maximum absolute atomic E-state index is 12.4. The van der Waals surface area contributed by atoms with Crippen LogP contribution in [-0.2, 0) is 19.0 Å². The Morgan fingerprint density at radius 1 is 1.25 bits per heavy atom. The van der Waals surface area contributed by atoms with E-state index in [1.807, 2.05) is 13.8 Å². The van der Waals surface area contributed by atoms with Gasteiger partial charge in [0.25, 0.3) is 10.1 Å². The topological polar surface area (TPSA) is 55.9 Å². The zero-order valence-electron chi connectivity index (χ0n) is 11.6. The molecule has 4 nitrogen and oxygen atoms in total. The van der Waals surface area contributed by atoms with Crippen molar-refractivity contribution in [1.82, 2.24) is 0 Å². The normalized spacial score (nSPS) is 41.7. The van der Waals surface area contributed by atoms with Crippen molar-refractivity contribution in [2.45, 2.75) is 49.4 Å². The Morgan fingerprint density at radius 3 is 2.55 bits per heavy atom. The van der Waals surface area contributed by atoms with Crippen LogP contribution in [0.25, 0.3) is 0 Å². The van der Waals surface area contributed by atoms with Crippen molar-refractivity contribution < 1.29 is 17.3 Å². The van der Waals surface area contributed by atoms with Crippen LogP contribution in [-0.4, -0.2) is 26.2 Å². The second-order valence-electron chi connectivity index (χ2n) is 6.53. The molecule has 0 amide bonds. The van der Waals surface area contributed by atoms with Crippen LogP contribution in [0.1, 0.15) is 25.3 Å². The van der Waals surface area contributed by atoms with Crippen LogP contribution in [0.5, 0.6) is 0 Å². The third-order valence-electron chi connectivity index (χ3n) is 5.04. The van der Waals surface area contributed by atoms with Gasteiger partial charge < -0.3 is 4.74 Å². The van der Waals surface area contributed by atoms with Crippen LogP contribution in [0.3, 0.4) is 0 Å². The Labute approximate surface area is 119 Å². The Kier molecular flexibility index (Phi) is 2.46. The van der Waals surface area contributed by atoms with Crippen molar-refractivity contribution in [3.05, 3.63) is 29.8 Å². The molecular weight excluding hydrogens is 276 g/mol. The summed E-state index contributed by atoms with van der Waals surface area (Å²) in [5.41, 5.74) is 0.427. The van der Waals surface area contributed by atoms with Gasteiger partial charge in [-0.2, -0.15) is 8.42 Å². The number of rotatable bonds is 3. The monoisotopic (exact) mass is 294 g/mol. The van der Waals surface area contributed by atoms with E-state index in [0.717, 1.165) is 18.4 Å². The molecule has 1 aromatic carbocycles. The van der Waals surface area contributed by atoms with E-state index in [4.69, 9.17) is 8.92 Å². The fourth-order valence-electron chi connectivity index (χ4n) is 4.00. The summed E-state index contributed by atoms with van der Waals surface area (Å²) >= 11 is 0. The van der Waals surface area contributed by atoms with Gasteiger partial charge in [0, 0.05) is 5.92 Å². The summed E-state index contributed by atoms with van der Waals surface area (Å²) in [5, 5.41) is 0. The minimum Gasteiger partial charge on any atom is -0.369 e. The third-order valence-corrected chi connectivity index (χ3v) is 6.49. The highest BCUT2D eigenvalue weighted by atomic mass is 32.2. The van der Waals surface area contributed by atoms with E-state index in [2.05, 4.69) is 0 Å². The average molecular weight is 294 g/mol. The lowest BCUT2D eigenvalue weighted by Gasteiger charge is -2.31. The Hall–Kier alpha value is -0.910. The van der Waals surface area contributed by atoms with E-state index in [1.165, 1.54) is 0 Å². The maximum Gasteiger partial charge on any atom is 0.297 e. The number of aryl methyl sites for hydroxylation is 1. The average Bonchev–Trinajstić information content (AvgIpc) is 3.00. The lowest BCUT2D eigenvalue weighted by Crippen LogP contribution is -2.40. The van der Waals surface area contributed by atoms with E-state index < -0.39 is 15.7 Å². The largest absolute Gasteiger partial charge is 0.369 e. The molecule has 20 heavy (non-hydrogen) atoms. The molecule has 1 saturated heterocycles. The van der Waals surface area contributed by atoms with Gasteiger partial charge in [0.2, 0.25) is 0 Å². The van der Waals surface area contributed by atoms with Crippen LogP contribution < -0.4 is 0 Å². The summed E-state index contributed by atoms with van der Waals surface area (Å²) in [6.45, 7) is 3.85. The standard InChI is InChI=1S/C15H18O4S/c1-9-3-5-11(6-4-9)20(16,17)19-15(2)8-10-7-12(15)14-13(10)18-14/h3-6,10,12-14H,7-8H2,1-2H3/t10-,12+,13+,14+,15-/m1/s1. The molecule has 2 saturated carbocycles. The minimum atomic E-state index is -3.70. The van der Waals surface area contributed by atoms with Crippen molar-refractivity contribution in [2.75, 3.05) is 0 Å². The van der Waals surface area contributed by atoms with Crippen molar-refractivity contribution in [2.24, 2.45) is 11.8 Å². The Bertz CT molecular complexity index is 651. The van der Waals surface area contributed by atoms with Crippen LogP contribution in [0.15, 0.2) is 29.2 Å². The first kappa shape index (κ1) is 12.8. The molecular formula is C15H18O4S. The number of fused-ring (bicyclic) bond motifs is 5. The summed E-state index contributed by atoms with van der Waals surface area (Å²) in [7, 11) is -3.70. The minimum absolute atomic E-state index is 0.220. The molecule has 4 rings (SSSR count). The van der Waals surface area contributed by atoms with E-state index >= 15 is 0 Å². The zero-order chi connectivity index (χ0) is 14.1. The summed E-state index contributed by atoms with van der Waals surface area (Å²) in [6, 6.07) is 6.80. The summed E-state index contributed by atoms with van der Waals surface area (Å²) in [6.07, 6.45) is 2.42. The smallest absolute Gasteiger partial charge is 0.297 e. The van der Waals surface area contributed by atoms with Crippen molar-refractivity contribution in [3.8, 4) is 0 Å². The Balaban J connectivity index is 1.60. The SMILES string of the molecule is Cc1ccc(S(=O)(=O)O[C@]2(C)C[C@H]3C[C@H]2[C@@H]2O[C@@H]32)cc1. The van der Waals surface area contributed by atoms with Gasteiger partial charge >= 0.3 is 0 Å². The Morgan fingerprint density at radius 2 is 1.95 bits per heavy atom. The first-order chi connectivity index (χ1) is 9.39. The highest BCUT2D eigenvalue weighted by Gasteiger charge is 2.68. The fraction of sp³-hybridized carbons (Fsp3) is 0.600. The van der Waals surface area contributed by atoms with E-state index in [1.54, 1.807) is 24.3 Å². The molecule has 2 aliphatic carbocycles. The number of hydrogen-bond acceptors (Lipinski definition) is 4. The summed E-state index contributed by atoms with van der Waals surface area (Å²) < 4.78 is 36.1. The summed E-state index contributed by atoms with van der Waals surface area (Å²) in [4.78, 5) is 0.236. The molecule has 5 atom stereocenters. The third kappa shape index (κ3) is 1.76. The van der Waals surface area contributed by atoms with Crippen LogP contribution >= 0.6 is 0 Å². The van der Waals surface area contributed by atoms with E-state index in [-0.39, 0.29) is 16.9 Å². The first-order valence-electron chi connectivity index (χ1n) is 7.07. The lowest BCUT2D eigenvalue weighted by molar-refractivity contribution is 0.0399.